The first kappa shape index (κ1) is 18.9. The average molecular weight is 352 g/mol. The highest BCUT2D eigenvalue weighted by molar-refractivity contribution is 7.13. The second-order valence-electron chi connectivity index (χ2n) is 6.49. The van der Waals surface area contributed by atoms with E-state index in [4.69, 9.17) is 5.73 Å². The molecule has 2 rings (SSSR count). The molecule has 1 aromatic heterocycles. The lowest BCUT2D eigenvalue weighted by Gasteiger charge is -2.32. The van der Waals surface area contributed by atoms with Crippen molar-refractivity contribution >= 4 is 23.2 Å². The average Bonchev–Trinajstić information content (AvgIpc) is 3.02. The molecule has 2 amide bonds. The van der Waals surface area contributed by atoms with E-state index in [2.05, 4.69) is 5.32 Å². The largest absolute Gasteiger partial charge is 0.348 e. The van der Waals surface area contributed by atoms with Gasteiger partial charge in [0, 0.05) is 30.4 Å². The summed E-state index contributed by atoms with van der Waals surface area (Å²) in [4.78, 5) is 28.2. The second-order valence-corrected chi connectivity index (χ2v) is 7.78. The maximum Gasteiger partial charge on any atom is 0.261 e. The number of aryl methyl sites for hydroxylation is 1. The van der Waals surface area contributed by atoms with Crippen molar-refractivity contribution in [3.05, 3.63) is 21.9 Å². The Morgan fingerprint density at radius 3 is 2.54 bits per heavy atom. The molecule has 1 aliphatic heterocycles. The van der Waals surface area contributed by atoms with Gasteiger partial charge in [0.1, 0.15) is 0 Å². The number of carbonyl (C=O) groups is 2. The molecule has 1 fully saturated rings. The molecule has 0 radical (unpaired) electrons. The van der Waals surface area contributed by atoms with Gasteiger partial charge in [-0.1, -0.05) is 12.8 Å². The Morgan fingerprint density at radius 2 is 1.92 bits per heavy atom. The molecule has 134 valence electrons. The first-order valence-corrected chi connectivity index (χ1v) is 9.77. The Balaban J connectivity index is 1.65. The Kier molecular flexibility index (Phi) is 7.72. The fourth-order valence-corrected chi connectivity index (χ4v) is 3.79. The lowest BCUT2D eigenvalue weighted by molar-refractivity contribution is -0.132. The van der Waals surface area contributed by atoms with Crippen LogP contribution >= 0.6 is 11.3 Å². The molecule has 2 heterocycles. The van der Waals surface area contributed by atoms with Crippen molar-refractivity contribution in [3.63, 3.8) is 0 Å². The van der Waals surface area contributed by atoms with Crippen molar-refractivity contribution in [3.8, 4) is 0 Å². The van der Waals surface area contributed by atoms with Crippen LogP contribution < -0.4 is 11.1 Å². The van der Waals surface area contributed by atoms with Crippen molar-refractivity contribution in [2.24, 2.45) is 5.73 Å². The summed E-state index contributed by atoms with van der Waals surface area (Å²) in [6.45, 7) is 4.23. The number of rotatable bonds is 8. The number of piperidine rings is 1. The van der Waals surface area contributed by atoms with Gasteiger partial charge in [-0.05, 0) is 51.3 Å². The highest BCUT2D eigenvalue weighted by Crippen LogP contribution is 2.17. The minimum Gasteiger partial charge on any atom is -0.348 e. The van der Waals surface area contributed by atoms with E-state index in [1.807, 2.05) is 24.0 Å². The number of hydrogen-bond acceptors (Lipinski definition) is 4. The molecular weight excluding hydrogens is 322 g/mol. The molecule has 3 N–H and O–H groups in total. The van der Waals surface area contributed by atoms with Crippen LogP contribution in [-0.4, -0.2) is 42.4 Å². The van der Waals surface area contributed by atoms with Gasteiger partial charge in [-0.25, -0.2) is 0 Å². The van der Waals surface area contributed by atoms with Crippen molar-refractivity contribution in [1.82, 2.24) is 10.2 Å². The van der Waals surface area contributed by atoms with Crippen LogP contribution in [0.1, 0.15) is 59.5 Å². The zero-order valence-electron chi connectivity index (χ0n) is 14.6. The first-order valence-electron chi connectivity index (χ1n) is 8.95. The minimum absolute atomic E-state index is 0.0118. The third kappa shape index (κ3) is 5.91. The van der Waals surface area contributed by atoms with Gasteiger partial charge in [-0.2, -0.15) is 0 Å². The van der Waals surface area contributed by atoms with Crippen molar-refractivity contribution in [2.45, 2.75) is 57.9 Å². The molecule has 1 saturated heterocycles. The lowest BCUT2D eigenvalue weighted by Crippen LogP contribution is -2.46. The summed E-state index contributed by atoms with van der Waals surface area (Å²) in [6.07, 6.45) is 6.51. The summed E-state index contributed by atoms with van der Waals surface area (Å²) in [5.74, 6) is 0.263. The number of nitrogens with two attached hydrogens (primary N) is 1. The monoisotopic (exact) mass is 351 g/mol. The van der Waals surface area contributed by atoms with Crippen LogP contribution in [0.4, 0.5) is 0 Å². The summed E-state index contributed by atoms with van der Waals surface area (Å²) < 4.78 is 0. The number of nitrogens with one attached hydrogen (secondary N) is 1. The Hall–Kier alpha value is -1.40. The topological polar surface area (TPSA) is 75.4 Å². The first-order chi connectivity index (χ1) is 11.6. The molecule has 1 aliphatic rings. The Morgan fingerprint density at radius 1 is 1.21 bits per heavy atom. The number of nitrogens with zero attached hydrogens (tertiary/aromatic N) is 1. The highest BCUT2D eigenvalue weighted by Gasteiger charge is 2.24. The zero-order valence-corrected chi connectivity index (χ0v) is 15.4. The number of unbranched alkanes of at least 4 members (excludes halogenated alkanes) is 3. The van der Waals surface area contributed by atoms with E-state index in [1.165, 1.54) is 11.3 Å². The van der Waals surface area contributed by atoms with E-state index in [9.17, 15) is 9.59 Å². The minimum atomic E-state index is 0.0118. The number of thiophene rings is 1. The summed E-state index contributed by atoms with van der Waals surface area (Å²) >= 11 is 1.52. The predicted octanol–water partition coefficient (Wildman–Crippen LogP) is 2.69. The maximum absolute atomic E-state index is 12.2. The molecule has 24 heavy (non-hydrogen) atoms. The van der Waals surface area contributed by atoms with Gasteiger partial charge in [0.15, 0.2) is 0 Å². The summed E-state index contributed by atoms with van der Waals surface area (Å²) in [5, 5.41) is 3.10. The van der Waals surface area contributed by atoms with Gasteiger partial charge >= 0.3 is 0 Å². The lowest BCUT2D eigenvalue weighted by atomic mass is 10.0. The van der Waals surface area contributed by atoms with Crippen LogP contribution in [-0.2, 0) is 4.79 Å². The van der Waals surface area contributed by atoms with Crippen LogP contribution in [0.15, 0.2) is 12.1 Å². The van der Waals surface area contributed by atoms with Crippen LogP contribution in [0, 0.1) is 6.92 Å². The zero-order chi connectivity index (χ0) is 17.4. The van der Waals surface area contributed by atoms with E-state index < -0.39 is 0 Å². The molecule has 0 atom stereocenters. The van der Waals surface area contributed by atoms with E-state index in [-0.39, 0.29) is 17.9 Å². The van der Waals surface area contributed by atoms with Crippen LogP contribution in [0.5, 0.6) is 0 Å². The van der Waals surface area contributed by atoms with Crippen LogP contribution in [0.2, 0.25) is 0 Å². The number of carbonyl (C=O) groups excluding carboxylic acids is 2. The van der Waals surface area contributed by atoms with Crippen molar-refractivity contribution in [1.29, 1.82) is 0 Å². The SMILES string of the molecule is Cc1ccc(C(=O)NC2CCN(C(=O)CCCCCCN)CC2)s1. The molecule has 0 aromatic carbocycles. The van der Waals surface area contributed by atoms with Crippen LogP contribution in [0.25, 0.3) is 0 Å². The van der Waals surface area contributed by atoms with Gasteiger partial charge in [0.05, 0.1) is 4.88 Å². The molecule has 0 saturated carbocycles. The molecular formula is C18H29N3O2S. The fourth-order valence-electron chi connectivity index (χ4n) is 3.02. The third-order valence-electron chi connectivity index (χ3n) is 4.49. The van der Waals surface area contributed by atoms with Crippen molar-refractivity contribution in [2.75, 3.05) is 19.6 Å². The molecule has 0 bridgehead atoms. The summed E-state index contributed by atoms with van der Waals surface area (Å²) in [7, 11) is 0. The van der Waals surface area contributed by atoms with Gasteiger partial charge in [-0.3, -0.25) is 9.59 Å². The standard InChI is InChI=1S/C18H29N3O2S/c1-14-7-8-16(24-14)18(23)20-15-9-12-21(13-10-15)17(22)6-4-2-3-5-11-19/h7-8,15H,2-6,9-13,19H2,1H3,(H,20,23). The van der Waals surface area contributed by atoms with Gasteiger partial charge < -0.3 is 16.0 Å². The summed E-state index contributed by atoms with van der Waals surface area (Å²) in [5.41, 5.74) is 5.47. The molecule has 5 nitrogen and oxygen atoms in total. The summed E-state index contributed by atoms with van der Waals surface area (Å²) in [6, 6.07) is 4.01. The molecule has 0 spiro atoms. The van der Waals surface area contributed by atoms with Gasteiger partial charge in [-0.15, -0.1) is 11.3 Å². The normalized spacial score (nSPS) is 15.5. The smallest absolute Gasteiger partial charge is 0.261 e. The quantitative estimate of drug-likeness (QED) is 0.707. The van der Waals surface area contributed by atoms with E-state index in [1.54, 1.807) is 0 Å². The van der Waals surface area contributed by atoms with E-state index >= 15 is 0 Å². The van der Waals surface area contributed by atoms with Gasteiger partial charge in [0.25, 0.3) is 5.91 Å². The van der Waals surface area contributed by atoms with E-state index in [0.717, 1.165) is 67.9 Å². The molecule has 0 unspecified atom stereocenters. The number of amides is 2. The fraction of sp³-hybridized carbons (Fsp3) is 0.667. The maximum atomic E-state index is 12.2. The molecule has 1 aromatic rings. The Bertz CT molecular complexity index is 536. The third-order valence-corrected chi connectivity index (χ3v) is 5.49. The Labute approximate surface area is 148 Å². The second kappa shape index (κ2) is 9.79. The van der Waals surface area contributed by atoms with E-state index in [0.29, 0.717) is 6.42 Å². The molecule has 0 aliphatic carbocycles. The van der Waals surface area contributed by atoms with Crippen LogP contribution in [0.3, 0.4) is 0 Å². The highest BCUT2D eigenvalue weighted by atomic mass is 32.1. The van der Waals surface area contributed by atoms with Gasteiger partial charge in [0.2, 0.25) is 5.91 Å². The number of likely N-dealkylation sites (tertiary alicyclic amines) is 1. The number of hydrogen-bond donors (Lipinski definition) is 2. The van der Waals surface area contributed by atoms with Crippen molar-refractivity contribution < 1.29 is 9.59 Å². The molecule has 6 heteroatoms. The predicted molar refractivity (Wildman–Crippen MR) is 98.3 cm³/mol.